The Bertz CT molecular complexity index is 1070. The van der Waals surface area contributed by atoms with Crippen LogP contribution in [-0.2, 0) is 16.8 Å². The van der Waals surface area contributed by atoms with Crippen molar-refractivity contribution in [1.29, 1.82) is 0 Å². The molecule has 1 amide bonds. The summed E-state index contributed by atoms with van der Waals surface area (Å²) >= 11 is 0. The number of amides is 1. The van der Waals surface area contributed by atoms with Crippen LogP contribution in [-0.4, -0.2) is 29.1 Å². The molecule has 0 bridgehead atoms. The van der Waals surface area contributed by atoms with E-state index in [9.17, 15) is 4.79 Å². The number of aryl methyl sites for hydroxylation is 1. The molecule has 1 N–H and O–H groups in total. The highest BCUT2D eigenvalue weighted by molar-refractivity contribution is 5.80. The minimum absolute atomic E-state index is 0.0869. The van der Waals surface area contributed by atoms with E-state index in [1.165, 1.54) is 6.33 Å². The monoisotopic (exact) mass is 433 g/mol. The van der Waals surface area contributed by atoms with Crippen LogP contribution in [0, 0.1) is 6.92 Å². The third kappa shape index (κ3) is 5.84. The van der Waals surface area contributed by atoms with E-state index in [4.69, 9.17) is 9.47 Å². The number of rotatable bonds is 7. The molecule has 1 aromatic heterocycles. The van der Waals surface area contributed by atoms with Gasteiger partial charge in [-0.05, 0) is 61.2 Å². The molecule has 1 unspecified atom stereocenters. The average Bonchev–Trinajstić information content (AvgIpc) is 2.78. The molecule has 3 rings (SSSR count). The van der Waals surface area contributed by atoms with Crippen molar-refractivity contribution in [2.45, 2.75) is 52.7 Å². The van der Waals surface area contributed by atoms with Crippen LogP contribution in [0.2, 0.25) is 0 Å². The number of carbonyl (C=O) groups is 1. The van der Waals surface area contributed by atoms with E-state index in [0.717, 1.165) is 39.6 Å². The van der Waals surface area contributed by atoms with Crippen LogP contribution < -0.4 is 14.8 Å². The zero-order valence-electron chi connectivity index (χ0n) is 19.6. The van der Waals surface area contributed by atoms with Crippen LogP contribution in [0.1, 0.15) is 44.5 Å². The zero-order valence-corrected chi connectivity index (χ0v) is 19.6. The molecule has 3 aromatic rings. The lowest BCUT2D eigenvalue weighted by molar-refractivity contribution is -0.127. The van der Waals surface area contributed by atoms with Gasteiger partial charge in [0, 0.05) is 5.56 Å². The summed E-state index contributed by atoms with van der Waals surface area (Å²) < 4.78 is 11.2. The molecule has 2 aromatic carbocycles. The summed E-state index contributed by atoms with van der Waals surface area (Å²) in [7, 11) is 1.63. The highest BCUT2D eigenvalue weighted by atomic mass is 16.5. The Kier molecular flexibility index (Phi) is 7.13. The number of hydrogen-bond acceptors (Lipinski definition) is 5. The summed E-state index contributed by atoms with van der Waals surface area (Å²) in [4.78, 5) is 21.3. The fourth-order valence-electron chi connectivity index (χ4n) is 3.31. The molecule has 0 radical (unpaired) electrons. The molecule has 6 nitrogen and oxygen atoms in total. The summed E-state index contributed by atoms with van der Waals surface area (Å²) in [6.45, 7) is 10.5. The minimum Gasteiger partial charge on any atom is -0.497 e. The van der Waals surface area contributed by atoms with Crippen molar-refractivity contribution in [2.75, 3.05) is 7.11 Å². The molecule has 1 atom stereocenters. The Morgan fingerprint density at radius 1 is 1.06 bits per heavy atom. The van der Waals surface area contributed by atoms with E-state index < -0.39 is 6.10 Å². The van der Waals surface area contributed by atoms with Crippen LogP contribution in [0.5, 0.6) is 11.5 Å². The van der Waals surface area contributed by atoms with Crippen molar-refractivity contribution in [3.8, 4) is 22.8 Å². The highest BCUT2D eigenvalue weighted by Gasteiger charge is 2.22. The van der Waals surface area contributed by atoms with Crippen molar-refractivity contribution >= 4 is 5.91 Å². The van der Waals surface area contributed by atoms with Crippen LogP contribution in [0.4, 0.5) is 0 Å². The molecular formula is C26H31N3O3. The van der Waals surface area contributed by atoms with Gasteiger partial charge in [0.05, 0.1) is 25.0 Å². The molecule has 6 heteroatoms. The lowest BCUT2D eigenvalue weighted by Gasteiger charge is -2.25. The Morgan fingerprint density at radius 3 is 2.44 bits per heavy atom. The van der Waals surface area contributed by atoms with E-state index in [1.54, 1.807) is 14.0 Å². The molecular weight excluding hydrogens is 402 g/mol. The SMILES string of the molecule is COc1ccc(-c2cc(CNC(=O)C(C)Oc3ccc(C)cc3C(C)(C)C)ncn2)cc1. The smallest absolute Gasteiger partial charge is 0.261 e. The minimum atomic E-state index is -0.637. The third-order valence-corrected chi connectivity index (χ3v) is 5.17. The van der Waals surface area contributed by atoms with Crippen molar-refractivity contribution in [2.24, 2.45) is 0 Å². The van der Waals surface area contributed by atoms with Crippen molar-refractivity contribution in [1.82, 2.24) is 15.3 Å². The highest BCUT2D eigenvalue weighted by Crippen LogP contribution is 2.32. The molecule has 0 saturated carbocycles. The van der Waals surface area contributed by atoms with Gasteiger partial charge >= 0.3 is 0 Å². The predicted molar refractivity (Wildman–Crippen MR) is 126 cm³/mol. The quantitative estimate of drug-likeness (QED) is 0.577. The molecule has 1 heterocycles. The van der Waals surface area contributed by atoms with Gasteiger partial charge < -0.3 is 14.8 Å². The molecule has 0 aliphatic rings. The van der Waals surface area contributed by atoms with Crippen LogP contribution in [0.15, 0.2) is 54.9 Å². The van der Waals surface area contributed by atoms with Crippen molar-refractivity contribution in [3.05, 3.63) is 71.7 Å². The van der Waals surface area contributed by atoms with Gasteiger partial charge in [-0.2, -0.15) is 0 Å². The Hall–Kier alpha value is -3.41. The number of aromatic nitrogens is 2. The van der Waals surface area contributed by atoms with Crippen LogP contribution >= 0.6 is 0 Å². The molecule has 0 saturated heterocycles. The summed E-state index contributed by atoms with van der Waals surface area (Å²) in [5, 5.41) is 2.91. The summed E-state index contributed by atoms with van der Waals surface area (Å²) in [5.41, 5.74) is 4.61. The molecule has 32 heavy (non-hydrogen) atoms. The van der Waals surface area contributed by atoms with Gasteiger partial charge in [0.1, 0.15) is 17.8 Å². The van der Waals surface area contributed by atoms with Gasteiger partial charge in [-0.1, -0.05) is 38.5 Å². The van der Waals surface area contributed by atoms with E-state index >= 15 is 0 Å². The van der Waals surface area contributed by atoms with Gasteiger partial charge in [0.15, 0.2) is 6.10 Å². The second-order valence-electron chi connectivity index (χ2n) is 8.85. The largest absolute Gasteiger partial charge is 0.497 e. The first-order valence-corrected chi connectivity index (χ1v) is 10.7. The number of benzene rings is 2. The summed E-state index contributed by atoms with van der Waals surface area (Å²) in [5.74, 6) is 1.32. The van der Waals surface area contributed by atoms with Crippen molar-refractivity contribution in [3.63, 3.8) is 0 Å². The van der Waals surface area contributed by atoms with Gasteiger partial charge in [-0.3, -0.25) is 4.79 Å². The second-order valence-corrected chi connectivity index (χ2v) is 8.85. The van der Waals surface area contributed by atoms with E-state index in [0.29, 0.717) is 0 Å². The first kappa shape index (κ1) is 23.3. The number of nitrogens with one attached hydrogen (secondary N) is 1. The average molecular weight is 434 g/mol. The van der Waals surface area contributed by atoms with Gasteiger partial charge in [0.2, 0.25) is 0 Å². The van der Waals surface area contributed by atoms with Gasteiger partial charge in [-0.25, -0.2) is 9.97 Å². The maximum absolute atomic E-state index is 12.7. The van der Waals surface area contributed by atoms with Gasteiger partial charge in [0.25, 0.3) is 5.91 Å². The lowest BCUT2D eigenvalue weighted by Crippen LogP contribution is -2.36. The van der Waals surface area contributed by atoms with E-state index in [1.807, 2.05) is 42.5 Å². The standard InChI is InChI=1S/C26H31N3O3/c1-17-7-12-24(22(13-17)26(3,4)5)32-18(2)25(30)27-15-20-14-23(29-16-28-20)19-8-10-21(31-6)11-9-19/h7-14,16,18H,15H2,1-6H3,(H,27,30). The zero-order chi connectivity index (χ0) is 23.3. The van der Waals surface area contributed by atoms with Crippen LogP contribution in [0.3, 0.4) is 0 Å². The van der Waals surface area contributed by atoms with E-state index in [2.05, 4.69) is 49.0 Å². The fraction of sp³-hybridized carbons (Fsp3) is 0.346. The first-order valence-electron chi connectivity index (χ1n) is 10.7. The molecule has 0 spiro atoms. The Morgan fingerprint density at radius 2 is 1.78 bits per heavy atom. The van der Waals surface area contributed by atoms with Crippen molar-refractivity contribution < 1.29 is 14.3 Å². The summed E-state index contributed by atoms with van der Waals surface area (Å²) in [6, 6.07) is 15.6. The van der Waals surface area contributed by atoms with E-state index in [-0.39, 0.29) is 17.9 Å². The Balaban J connectivity index is 1.65. The first-order chi connectivity index (χ1) is 15.2. The summed E-state index contributed by atoms with van der Waals surface area (Å²) in [6.07, 6.45) is 0.866. The fourth-order valence-corrected chi connectivity index (χ4v) is 3.31. The number of hydrogen-bond donors (Lipinski definition) is 1. The molecule has 168 valence electrons. The molecule has 0 fully saturated rings. The lowest BCUT2D eigenvalue weighted by atomic mass is 9.85. The number of methoxy groups -OCH3 is 1. The maximum atomic E-state index is 12.7. The van der Waals surface area contributed by atoms with Gasteiger partial charge in [-0.15, -0.1) is 0 Å². The predicted octanol–water partition coefficient (Wildman–Crippen LogP) is 4.84. The Labute approximate surface area is 190 Å². The normalized spacial score (nSPS) is 12.2. The topological polar surface area (TPSA) is 73.3 Å². The van der Waals surface area contributed by atoms with Crippen LogP contribution in [0.25, 0.3) is 11.3 Å². The molecule has 0 aliphatic carbocycles. The second kappa shape index (κ2) is 9.81. The number of carbonyl (C=O) groups excluding carboxylic acids is 1. The number of ether oxygens (including phenoxy) is 2. The third-order valence-electron chi connectivity index (χ3n) is 5.17. The molecule has 0 aliphatic heterocycles. The maximum Gasteiger partial charge on any atom is 0.261 e. The number of nitrogens with zero attached hydrogens (tertiary/aromatic N) is 2.